The summed E-state index contributed by atoms with van der Waals surface area (Å²) in [5.41, 5.74) is 0.759. The number of fused-ring (bicyclic) bond motifs is 1. The molecule has 1 aliphatic carbocycles. The second-order valence-corrected chi connectivity index (χ2v) is 5.59. The maximum Gasteiger partial charge on any atom is 0.309 e. The minimum Gasteiger partial charge on any atom is -0.466 e. The molecule has 3 atom stereocenters. The van der Waals surface area contributed by atoms with Crippen molar-refractivity contribution in [2.75, 3.05) is 26.2 Å². The summed E-state index contributed by atoms with van der Waals surface area (Å²) in [6.07, 6.45) is 0. The van der Waals surface area contributed by atoms with Crippen LogP contribution in [-0.4, -0.2) is 42.9 Å². The molecule has 0 spiro atoms. The van der Waals surface area contributed by atoms with E-state index < -0.39 is 0 Å². The molecule has 1 aromatic rings. The largest absolute Gasteiger partial charge is 0.466 e. The molecule has 0 N–H and O–H groups in total. The Kier molecular flexibility index (Phi) is 3.57. The van der Waals surface area contributed by atoms with Gasteiger partial charge in [-0.25, -0.2) is 0 Å². The molecular weight excluding hydrogens is 254 g/mol. The molecule has 0 bridgehead atoms. The van der Waals surface area contributed by atoms with Crippen LogP contribution in [0.3, 0.4) is 0 Å². The number of Topliss-reactive ketones (excluding diaryl/α,β-unsaturated/α-hetero) is 1. The summed E-state index contributed by atoms with van der Waals surface area (Å²) >= 11 is 0. The second-order valence-electron chi connectivity index (χ2n) is 5.59. The first-order valence-corrected chi connectivity index (χ1v) is 7.18. The van der Waals surface area contributed by atoms with Crippen molar-refractivity contribution in [2.24, 2.45) is 17.8 Å². The fraction of sp³-hybridized carbons (Fsp3) is 0.500. The van der Waals surface area contributed by atoms with Crippen molar-refractivity contribution in [2.45, 2.75) is 6.92 Å². The molecule has 2 aliphatic rings. The summed E-state index contributed by atoms with van der Waals surface area (Å²) in [7, 11) is 0. The van der Waals surface area contributed by atoms with Crippen molar-refractivity contribution in [3.8, 4) is 0 Å². The SMILES string of the molecule is CCOC(=O)C1[C@H]2CN(CC(=O)c3ccccc3)C[C@@H]12. The van der Waals surface area contributed by atoms with E-state index in [1.54, 1.807) is 0 Å². The van der Waals surface area contributed by atoms with Gasteiger partial charge in [0.05, 0.1) is 19.1 Å². The van der Waals surface area contributed by atoms with Crippen LogP contribution < -0.4 is 0 Å². The van der Waals surface area contributed by atoms with E-state index in [4.69, 9.17) is 4.74 Å². The summed E-state index contributed by atoms with van der Waals surface area (Å²) in [6, 6.07) is 9.36. The molecule has 2 fully saturated rings. The van der Waals surface area contributed by atoms with Gasteiger partial charge in [-0.2, -0.15) is 0 Å². The summed E-state index contributed by atoms with van der Waals surface area (Å²) < 4.78 is 5.06. The van der Waals surface area contributed by atoms with Gasteiger partial charge in [0.15, 0.2) is 5.78 Å². The fourth-order valence-electron chi connectivity index (χ4n) is 3.25. The molecule has 4 nitrogen and oxygen atoms in total. The van der Waals surface area contributed by atoms with Gasteiger partial charge in [0.2, 0.25) is 0 Å². The number of carbonyl (C=O) groups excluding carboxylic acids is 2. The molecule has 0 aromatic heterocycles. The fourth-order valence-corrected chi connectivity index (χ4v) is 3.25. The monoisotopic (exact) mass is 273 g/mol. The summed E-state index contributed by atoms with van der Waals surface area (Å²) in [4.78, 5) is 25.9. The van der Waals surface area contributed by atoms with E-state index in [1.807, 2.05) is 37.3 Å². The predicted molar refractivity (Wildman–Crippen MR) is 74.3 cm³/mol. The summed E-state index contributed by atoms with van der Waals surface area (Å²) in [5, 5.41) is 0. The molecule has 3 rings (SSSR count). The van der Waals surface area contributed by atoms with Gasteiger partial charge in [-0.3, -0.25) is 14.5 Å². The minimum absolute atomic E-state index is 0.0588. The summed E-state index contributed by atoms with van der Waals surface area (Å²) in [6.45, 7) is 4.41. The third kappa shape index (κ3) is 2.48. The van der Waals surface area contributed by atoms with E-state index in [0.717, 1.165) is 18.7 Å². The van der Waals surface area contributed by atoms with Crippen LogP contribution in [0.25, 0.3) is 0 Å². The van der Waals surface area contributed by atoms with Crippen molar-refractivity contribution in [1.29, 1.82) is 0 Å². The normalized spacial score (nSPS) is 27.9. The Morgan fingerprint density at radius 1 is 1.20 bits per heavy atom. The minimum atomic E-state index is -0.0588. The Balaban J connectivity index is 1.50. The van der Waals surface area contributed by atoms with Gasteiger partial charge in [-0.1, -0.05) is 30.3 Å². The van der Waals surface area contributed by atoms with Gasteiger partial charge in [0.1, 0.15) is 0 Å². The lowest BCUT2D eigenvalue weighted by Crippen LogP contribution is -2.31. The molecule has 106 valence electrons. The van der Waals surface area contributed by atoms with Crippen molar-refractivity contribution < 1.29 is 14.3 Å². The Hall–Kier alpha value is -1.68. The quantitative estimate of drug-likeness (QED) is 0.604. The van der Waals surface area contributed by atoms with Crippen molar-refractivity contribution in [3.63, 3.8) is 0 Å². The van der Waals surface area contributed by atoms with Crippen LogP contribution in [0.15, 0.2) is 30.3 Å². The lowest BCUT2D eigenvalue weighted by Gasteiger charge is -2.18. The molecule has 0 radical (unpaired) electrons. The highest BCUT2D eigenvalue weighted by molar-refractivity contribution is 5.97. The van der Waals surface area contributed by atoms with Crippen LogP contribution >= 0.6 is 0 Å². The molecule has 4 heteroatoms. The lowest BCUT2D eigenvalue weighted by molar-refractivity contribution is -0.145. The molecule has 20 heavy (non-hydrogen) atoms. The topological polar surface area (TPSA) is 46.6 Å². The average molecular weight is 273 g/mol. The predicted octanol–water partition coefficient (Wildman–Crippen LogP) is 1.61. The smallest absolute Gasteiger partial charge is 0.309 e. The van der Waals surface area contributed by atoms with Gasteiger partial charge in [-0.05, 0) is 18.8 Å². The van der Waals surface area contributed by atoms with Crippen molar-refractivity contribution in [3.05, 3.63) is 35.9 Å². The molecule has 1 unspecified atom stereocenters. The number of likely N-dealkylation sites (tertiary alicyclic amines) is 1. The third-order valence-corrected chi connectivity index (χ3v) is 4.29. The Labute approximate surface area is 118 Å². The van der Waals surface area contributed by atoms with Crippen LogP contribution in [0.1, 0.15) is 17.3 Å². The lowest BCUT2D eigenvalue weighted by atomic mass is 10.1. The number of esters is 1. The van der Waals surface area contributed by atoms with Gasteiger partial charge in [0, 0.05) is 18.7 Å². The van der Waals surface area contributed by atoms with Crippen LogP contribution in [0, 0.1) is 17.8 Å². The molecule has 1 saturated heterocycles. The van der Waals surface area contributed by atoms with Gasteiger partial charge >= 0.3 is 5.97 Å². The molecule has 0 amide bonds. The number of ketones is 1. The molecule has 1 saturated carbocycles. The molecule has 1 heterocycles. The van der Waals surface area contributed by atoms with Crippen molar-refractivity contribution in [1.82, 2.24) is 4.90 Å². The standard InChI is InChI=1S/C16H19NO3/c1-2-20-16(19)15-12-8-17(9-13(12)15)10-14(18)11-6-4-3-5-7-11/h3-7,12-13,15H,2,8-10H2,1H3/t12-,13+,15?. The number of nitrogens with zero attached hydrogens (tertiary/aromatic N) is 1. The van der Waals surface area contributed by atoms with Crippen LogP contribution in [0.2, 0.25) is 0 Å². The van der Waals surface area contributed by atoms with Gasteiger partial charge < -0.3 is 4.74 Å². The van der Waals surface area contributed by atoms with E-state index in [2.05, 4.69) is 4.90 Å². The van der Waals surface area contributed by atoms with Crippen molar-refractivity contribution >= 4 is 11.8 Å². The summed E-state index contributed by atoms with van der Waals surface area (Å²) in [5.74, 6) is 0.976. The van der Waals surface area contributed by atoms with Gasteiger partial charge in [-0.15, -0.1) is 0 Å². The number of ether oxygens (including phenoxy) is 1. The van der Waals surface area contributed by atoms with E-state index in [9.17, 15) is 9.59 Å². The molecular formula is C16H19NO3. The van der Waals surface area contributed by atoms with E-state index in [-0.39, 0.29) is 17.7 Å². The maximum atomic E-state index is 12.1. The van der Waals surface area contributed by atoms with Crippen LogP contribution in [0.4, 0.5) is 0 Å². The number of hydrogen-bond donors (Lipinski definition) is 0. The first-order valence-electron chi connectivity index (χ1n) is 7.18. The number of hydrogen-bond acceptors (Lipinski definition) is 4. The zero-order valence-corrected chi connectivity index (χ0v) is 11.6. The molecule has 1 aliphatic heterocycles. The van der Waals surface area contributed by atoms with Crippen LogP contribution in [-0.2, 0) is 9.53 Å². The Morgan fingerprint density at radius 2 is 1.85 bits per heavy atom. The zero-order valence-electron chi connectivity index (χ0n) is 11.6. The Bertz CT molecular complexity index is 502. The third-order valence-electron chi connectivity index (χ3n) is 4.29. The number of benzene rings is 1. The van der Waals surface area contributed by atoms with E-state index in [1.165, 1.54) is 0 Å². The van der Waals surface area contributed by atoms with E-state index >= 15 is 0 Å². The first kappa shape index (κ1) is 13.3. The second kappa shape index (κ2) is 5.37. The highest BCUT2D eigenvalue weighted by Crippen LogP contribution is 2.52. The maximum absolute atomic E-state index is 12.1. The Morgan fingerprint density at radius 3 is 2.45 bits per heavy atom. The highest BCUT2D eigenvalue weighted by atomic mass is 16.5. The number of rotatable bonds is 5. The highest BCUT2D eigenvalue weighted by Gasteiger charge is 2.60. The first-order chi connectivity index (χ1) is 9.70. The molecule has 1 aromatic carbocycles. The number of piperidine rings is 1. The number of carbonyl (C=O) groups is 2. The zero-order chi connectivity index (χ0) is 14.1. The van der Waals surface area contributed by atoms with Gasteiger partial charge in [0.25, 0.3) is 0 Å². The van der Waals surface area contributed by atoms with Crippen LogP contribution in [0.5, 0.6) is 0 Å². The van der Waals surface area contributed by atoms with E-state index in [0.29, 0.717) is 25.0 Å². The average Bonchev–Trinajstić information content (AvgIpc) is 2.97.